The maximum absolute atomic E-state index is 9.00. The Morgan fingerprint density at radius 1 is 0.475 bits per heavy atom. The van der Waals surface area contributed by atoms with E-state index in [-0.39, 0.29) is 5.41 Å². The number of hydrogen-bond acceptors (Lipinski definition) is 2. The van der Waals surface area contributed by atoms with Gasteiger partial charge >= 0.3 is 0 Å². The highest BCUT2D eigenvalue weighted by Gasteiger charge is 2.38. The van der Waals surface area contributed by atoms with Crippen molar-refractivity contribution in [1.29, 1.82) is 5.41 Å². The average molecular weight is 755 g/mol. The third-order valence-corrected chi connectivity index (χ3v) is 12.0. The molecule has 2 heteroatoms. The standard InChI is InChI=1S/C57H42N2/c1-57(2)52-26-14-25-48(55(52)51-34-31-39-17-9-10-23-49(39)56(51)57)41-29-27-40(28-30-41)47-33-32-45(46-22-11-12-24-50(46)47)37-59-54(36-53(58)42-18-7-4-8-19-42)44-21-13-20-43(35-44)38-15-5-3-6-16-38/h3-37,58H,1-2H3/b54-36-,58-53?,59-37?. The fourth-order valence-electron chi connectivity index (χ4n) is 9.07. The second-order valence-corrected chi connectivity index (χ2v) is 15.9. The van der Waals surface area contributed by atoms with E-state index in [1.165, 1.54) is 60.7 Å². The van der Waals surface area contributed by atoms with E-state index in [1.807, 2.05) is 48.7 Å². The van der Waals surface area contributed by atoms with Crippen molar-refractivity contribution in [3.63, 3.8) is 0 Å². The molecule has 9 aromatic rings. The summed E-state index contributed by atoms with van der Waals surface area (Å²) in [5.74, 6) is 0. The van der Waals surface area contributed by atoms with E-state index in [2.05, 4.69) is 178 Å². The van der Waals surface area contributed by atoms with Crippen molar-refractivity contribution in [2.45, 2.75) is 19.3 Å². The van der Waals surface area contributed by atoms with Crippen molar-refractivity contribution in [3.8, 4) is 44.5 Å². The van der Waals surface area contributed by atoms with E-state index >= 15 is 0 Å². The van der Waals surface area contributed by atoms with Crippen LogP contribution in [0.1, 0.15) is 41.7 Å². The quantitative estimate of drug-likeness (QED) is 0.150. The first-order chi connectivity index (χ1) is 28.9. The third kappa shape index (κ3) is 6.49. The summed E-state index contributed by atoms with van der Waals surface area (Å²) in [4.78, 5) is 5.13. The molecule has 0 saturated heterocycles. The number of fused-ring (bicyclic) bond motifs is 6. The zero-order valence-corrected chi connectivity index (χ0v) is 33.2. The summed E-state index contributed by atoms with van der Waals surface area (Å²) in [6, 6.07) is 70.9. The van der Waals surface area contributed by atoms with Crippen LogP contribution >= 0.6 is 0 Å². The summed E-state index contributed by atoms with van der Waals surface area (Å²) in [5, 5.41) is 13.9. The van der Waals surface area contributed by atoms with E-state index in [1.54, 1.807) is 0 Å². The lowest BCUT2D eigenvalue weighted by Gasteiger charge is -2.23. The maximum Gasteiger partial charge on any atom is 0.0723 e. The minimum atomic E-state index is -0.0994. The van der Waals surface area contributed by atoms with Crippen molar-refractivity contribution in [2.24, 2.45) is 4.99 Å². The minimum Gasteiger partial charge on any atom is -0.300 e. The summed E-state index contributed by atoms with van der Waals surface area (Å²) < 4.78 is 0. The molecule has 0 amide bonds. The molecule has 10 rings (SSSR count). The third-order valence-electron chi connectivity index (χ3n) is 12.0. The van der Waals surface area contributed by atoms with Crippen molar-refractivity contribution in [1.82, 2.24) is 0 Å². The fraction of sp³-hybridized carbons (Fsp3) is 0.0526. The average Bonchev–Trinajstić information content (AvgIpc) is 3.54. The van der Waals surface area contributed by atoms with Gasteiger partial charge in [-0.15, -0.1) is 0 Å². The van der Waals surface area contributed by atoms with Gasteiger partial charge in [0.05, 0.1) is 11.4 Å². The van der Waals surface area contributed by atoms with Crippen LogP contribution in [0.5, 0.6) is 0 Å². The van der Waals surface area contributed by atoms with Crippen molar-refractivity contribution >= 4 is 39.2 Å². The van der Waals surface area contributed by atoms with Gasteiger partial charge < -0.3 is 5.41 Å². The molecule has 1 aliphatic carbocycles. The minimum absolute atomic E-state index is 0.0994. The van der Waals surface area contributed by atoms with Crippen LogP contribution in [-0.2, 0) is 5.41 Å². The highest BCUT2D eigenvalue weighted by atomic mass is 14.7. The molecule has 0 heterocycles. The Morgan fingerprint density at radius 2 is 1.08 bits per heavy atom. The molecule has 280 valence electrons. The van der Waals surface area contributed by atoms with Gasteiger partial charge in [-0.2, -0.15) is 0 Å². The molecule has 2 nitrogen and oxygen atoms in total. The summed E-state index contributed by atoms with van der Waals surface area (Å²) in [5.41, 5.74) is 16.4. The van der Waals surface area contributed by atoms with Crippen molar-refractivity contribution in [2.75, 3.05) is 0 Å². The van der Waals surface area contributed by atoms with E-state index in [0.717, 1.165) is 38.9 Å². The number of aliphatic imine (C=N–C) groups is 1. The smallest absolute Gasteiger partial charge is 0.0723 e. The first-order valence-electron chi connectivity index (χ1n) is 20.3. The fourth-order valence-corrected chi connectivity index (χ4v) is 9.07. The Kier molecular flexibility index (Phi) is 9.03. The van der Waals surface area contributed by atoms with Gasteiger partial charge in [-0.25, -0.2) is 0 Å². The van der Waals surface area contributed by atoms with Gasteiger partial charge in [-0.05, 0) is 94.9 Å². The van der Waals surface area contributed by atoms with E-state index in [9.17, 15) is 0 Å². The van der Waals surface area contributed by atoms with Crippen LogP contribution < -0.4 is 0 Å². The van der Waals surface area contributed by atoms with E-state index < -0.39 is 0 Å². The summed E-state index contributed by atoms with van der Waals surface area (Å²) in [6.07, 6.45) is 3.82. The first-order valence-corrected chi connectivity index (χ1v) is 20.3. The van der Waals surface area contributed by atoms with Crippen LogP contribution in [0.15, 0.2) is 211 Å². The molecule has 0 bridgehead atoms. The van der Waals surface area contributed by atoms with Gasteiger partial charge in [0.2, 0.25) is 0 Å². The monoisotopic (exact) mass is 754 g/mol. The predicted octanol–water partition coefficient (Wildman–Crippen LogP) is 14.8. The maximum atomic E-state index is 9.00. The second-order valence-electron chi connectivity index (χ2n) is 15.9. The number of allylic oxidation sites excluding steroid dienone is 1. The topological polar surface area (TPSA) is 36.2 Å². The number of rotatable bonds is 8. The number of hydrogen-bond donors (Lipinski definition) is 1. The molecule has 0 aliphatic heterocycles. The lowest BCUT2D eigenvalue weighted by molar-refractivity contribution is 0.666. The zero-order valence-electron chi connectivity index (χ0n) is 33.2. The van der Waals surface area contributed by atoms with Crippen LogP contribution in [0.2, 0.25) is 0 Å². The van der Waals surface area contributed by atoms with Gasteiger partial charge in [-0.3, -0.25) is 4.99 Å². The Hall–Kier alpha value is -7.42. The van der Waals surface area contributed by atoms with Crippen molar-refractivity contribution < 1.29 is 0 Å². The normalized spacial score (nSPS) is 13.2. The van der Waals surface area contributed by atoms with Crippen molar-refractivity contribution in [3.05, 3.63) is 234 Å². The Balaban J connectivity index is 1.01. The van der Waals surface area contributed by atoms with Gasteiger partial charge in [-0.1, -0.05) is 208 Å². The molecule has 0 spiro atoms. The van der Waals surface area contributed by atoms with Crippen LogP contribution in [0.4, 0.5) is 0 Å². The molecule has 59 heavy (non-hydrogen) atoms. The highest BCUT2D eigenvalue weighted by molar-refractivity contribution is 6.12. The number of nitrogens with one attached hydrogen (secondary N) is 1. The summed E-state index contributed by atoms with van der Waals surface area (Å²) in [6.45, 7) is 4.74. The molecule has 0 aromatic heterocycles. The highest BCUT2D eigenvalue weighted by Crippen LogP contribution is 2.54. The van der Waals surface area contributed by atoms with Crippen LogP contribution in [0.3, 0.4) is 0 Å². The SMILES string of the molecule is CC1(C)c2cccc(-c3ccc(-c4ccc(C=N/C(=C\C(=N)c5ccccc5)c5cccc(-c6ccccc6)c5)c5ccccc45)cc3)c2-c2ccc3ccccc3c21. The van der Waals surface area contributed by atoms with Gasteiger partial charge in [0.1, 0.15) is 0 Å². The lowest BCUT2D eigenvalue weighted by atomic mass is 9.80. The summed E-state index contributed by atoms with van der Waals surface area (Å²) in [7, 11) is 0. The molecule has 0 unspecified atom stereocenters. The molecular weight excluding hydrogens is 713 g/mol. The predicted molar refractivity (Wildman–Crippen MR) is 251 cm³/mol. The van der Waals surface area contributed by atoms with Gasteiger partial charge in [0, 0.05) is 22.8 Å². The molecule has 1 aliphatic rings. The van der Waals surface area contributed by atoms with Crippen LogP contribution in [0, 0.1) is 5.41 Å². The largest absolute Gasteiger partial charge is 0.300 e. The molecule has 0 fully saturated rings. The molecule has 9 aromatic carbocycles. The molecule has 0 radical (unpaired) electrons. The van der Waals surface area contributed by atoms with E-state index in [0.29, 0.717) is 5.71 Å². The lowest BCUT2D eigenvalue weighted by Crippen LogP contribution is -2.15. The van der Waals surface area contributed by atoms with Gasteiger partial charge in [0.25, 0.3) is 0 Å². The summed E-state index contributed by atoms with van der Waals surface area (Å²) >= 11 is 0. The van der Waals surface area contributed by atoms with E-state index in [4.69, 9.17) is 10.4 Å². The molecule has 0 atom stereocenters. The Morgan fingerprint density at radius 3 is 1.86 bits per heavy atom. The molecule has 1 N–H and O–H groups in total. The number of benzene rings is 9. The first kappa shape index (κ1) is 36.0. The Bertz CT molecular complexity index is 3110. The second kappa shape index (κ2) is 14.8. The van der Waals surface area contributed by atoms with Crippen LogP contribution in [-0.4, -0.2) is 11.9 Å². The van der Waals surface area contributed by atoms with Crippen LogP contribution in [0.25, 0.3) is 71.7 Å². The molecule has 0 saturated carbocycles. The number of nitrogens with zero attached hydrogens (tertiary/aromatic N) is 1. The Labute approximate surface area is 346 Å². The zero-order chi connectivity index (χ0) is 39.9. The van der Waals surface area contributed by atoms with Gasteiger partial charge in [0.15, 0.2) is 0 Å². The molecular formula is C57H42N2.